The Morgan fingerprint density at radius 2 is 2.13 bits per heavy atom. The molecule has 0 saturated carbocycles. The van der Waals surface area contributed by atoms with E-state index >= 15 is 0 Å². The highest BCUT2D eigenvalue weighted by atomic mass is 16.5. The lowest BCUT2D eigenvalue weighted by Crippen LogP contribution is -2.45. The highest BCUT2D eigenvalue weighted by Gasteiger charge is 2.21. The van der Waals surface area contributed by atoms with E-state index in [1.54, 1.807) is 4.90 Å². The maximum atomic E-state index is 11.5. The predicted molar refractivity (Wildman–Crippen MR) is 78.5 cm³/mol. The van der Waals surface area contributed by atoms with Crippen molar-refractivity contribution in [3.63, 3.8) is 0 Å². The van der Waals surface area contributed by atoms with Crippen molar-refractivity contribution in [1.29, 1.82) is 0 Å². The van der Waals surface area contributed by atoms with Crippen LogP contribution in [0, 0.1) is 0 Å². The molecule has 10 heteroatoms. The number of hydrogen-bond acceptors (Lipinski definition) is 7. The number of aliphatic carboxylic acids is 2. The summed E-state index contributed by atoms with van der Waals surface area (Å²) in [4.78, 5) is 39.4. The molecule has 2 rings (SSSR count). The number of ether oxygens (including phenoxy) is 1. The van der Waals surface area contributed by atoms with Gasteiger partial charge in [0.15, 0.2) is 0 Å². The van der Waals surface area contributed by atoms with Crippen molar-refractivity contribution in [3.05, 3.63) is 22.2 Å². The lowest BCUT2D eigenvalue weighted by molar-refractivity contribution is -0.136. The summed E-state index contributed by atoms with van der Waals surface area (Å²) in [7, 11) is 0. The number of aliphatic hydroxyl groups excluding tert-OH is 1. The molecule has 0 bridgehead atoms. The smallest absolute Gasteiger partial charge is 0.311 e. The number of carboxylic acids is 2. The van der Waals surface area contributed by atoms with E-state index in [1.165, 1.54) is 6.07 Å². The molecule has 1 fully saturated rings. The maximum absolute atomic E-state index is 11.5. The summed E-state index contributed by atoms with van der Waals surface area (Å²) in [5.41, 5.74) is -0.395. The molecular formula is C13H19N3O7. The zero-order chi connectivity index (χ0) is 17.4. The number of carbonyl (C=O) groups is 2. The molecule has 0 amide bonds. The van der Waals surface area contributed by atoms with Gasteiger partial charge in [0.05, 0.1) is 19.3 Å². The van der Waals surface area contributed by atoms with Crippen LogP contribution in [0.3, 0.4) is 0 Å². The van der Waals surface area contributed by atoms with E-state index in [0.717, 1.165) is 6.92 Å². The highest BCUT2D eigenvalue weighted by molar-refractivity contribution is 5.69. The van der Waals surface area contributed by atoms with Crippen molar-refractivity contribution in [2.45, 2.75) is 19.4 Å². The largest absolute Gasteiger partial charge is 0.481 e. The van der Waals surface area contributed by atoms with Crippen molar-refractivity contribution >= 4 is 17.8 Å². The third-order valence-electron chi connectivity index (χ3n) is 2.76. The zero-order valence-electron chi connectivity index (χ0n) is 12.6. The average molecular weight is 329 g/mol. The van der Waals surface area contributed by atoms with Crippen molar-refractivity contribution in [1.82, 2.24) is 9.97 Å². The van der Waals surface area contributed by atoms with E-state index in [-0.39, 0.29) is 25.0 Å². The summed E-state index contributed by atoms with van der Waals surface area (Å²) in [5, 5.41) is 25.2. The van der Waals surface area contributed by atoms with Gasteiger partial charge >= 0.3 is 5.97 Å². The van der Waals surface area contributed by atoms with E-state index in [9.17, 15) is 9.59 Å². The second-order valence-electron chi connectivity index (χ2n) is 4.76. The minimum absolute atomic E-state index is 0.109. The van der Waals surface area contributed by atoms with E-state index in [4.69, 9.17) is 24.9 Å². The number of aromatic amines is 1. The van der Waals surface area contributed by atoms with Gasteiger partial charge in [-0.15, -0.1) is 0 Å². The highest BCUT2D eigenvalue weighted by Crippen LogP contribution is 2.13. The van der Waals surface area contributed by atoms with E-state index in [1.807, 2.05) is 0 Å². The SMILES string of the molecule is CC(=O)O.O=C(O)Cc1nc(N2CCOC(CO)C2)cc(=O)[nH]1. The van der Waals surface area contributed by atoms with E-state index in [0.29, 0.717) is 25.5 Å². The second kappa shape index (κ2) is 8.86. The Bertz CT molecular complexity index is 597. The number of nitrogens with one attached hydrogen (secondary N) is 1. The summed E-state index contributed by atoms with van der Waals surface area (Å²) in [6, 6.07) is 1.31. The Morgan fingerprint density at radius 3 is 2.70 bits per heavy atom. The quantitative estimate of drug-likeness (QED) is 0.527. The van der Waals surface area contributed by atoms with Crippen LogP contribution in [0.4, 0.5) is 5.82 Å². The number of nitrogens with zero attached hydrogens (tertiary/aromatic N) is 2. The van der Waals surface area contributed by atoms with Crippen LogP contribution < -0.4 is 10.5 Å². The van der Waals surface area contributed by atoms with Crippen molar-refractivity contribution in [2.75, 3.05) is 31.2 Å². The van der Waals surface area contributed by atoms with Gasteiger partial charge in [0.2, 0.25) is 0 Å². The first kappa shape index (κ1) is 18.6. The number of aliphatic hydroxyl groups is 1. The molecule has 1 unspecified atom stereocenters. The van der Waals surface area contributed by atoms with Gasteiger partial charge in [0.25, 0.3) is 11.5 Å². The minimum Gasteiger partial charge on any atom is -0.481 e. The molecular weight excluding hydrogens is 310 g/mol. The summed E-state index contributed by atoms with van der Waals surface area (Å²) in [6.45, 7) is 2.36. The molecule has 1 saturated heterocycles. The Kier molecular flexibility index (Phi) is 7.16. The van der Waals surface area contributed by atoms with Gasteiger partial charge in [-0.25, -0.2) is 4.98 Å². The minimum atomic E-state index is -1.06. The molecule has 128 valence electrons. The van der Waals surface area contributed by atoms with Gasteiger partial charge in [0.1, 0.15) is 18.1 Å². The summed E-state index contributed by atoms with van der Waals surface area (Å²) >= 11 is 0. The molecule has 10 nitrogen and oxygen atoms in total. The molecule has 0 spiro atoms. The lowest BCUT2D eigenvalue weighted by atomic mass is 10.3. The molecule has 1 atom stereocenters. The van der Waals surface area contributed by atoms with Crippen LogP contribution in [0.15, 0.2) is 10.9 Å². The summed E-state index contributed by atoms with van der Waals surface area (Å²) < 4.78 is 5.30. The Hall–Kier alpha value is -2.46. The lowest BCUT2D eigenvalue weighted by Gasteiger charge is -2.32. The summed E-state index contributed by atoms with van der Waals surface area (Å²) in [5.74, 6) is -1.38. The predicted octanol–water partition coefficient (Wildman–Crippen LogP) is -1.31. The van der Waals surface area contributed by atoms with Gasteiger partial charge in [-0.2, -0.15) is 0 Å². The average Bonchev–Trinajstić information content (AvgIpc) is 2.45. The summed E-state index contributed by atoms with van der Waals surface area (Å²) in [6.07, 6.45) is -0.658. The molecule has 1 aromatic rings. The number of rotatable bonds is 4. The molecule has 1 aliphatic heterocycles. The van der Waals surface area contributed by atoms with Crippen molar-refractivity contribution < 1.29 is 29.6 Å². The zero-order valence-corrected chi connectivity index (χ0v) is 12.6. The van der Waals surface area contributed by atoms with E-state index < -0.39 is 17.5 Å². The molecule has 1 aliphatic rings. The van der Waals surface area contributed by atoms with Crippen LogP contribution >= 0.6 is 0 Å². The van der Waals surface area contributed by atoms with Crippen LogP contribution in [0.2, 0.25) is 0 Å². The Labute approximate surface area is 131 Å². The van der Waals surface area contributed by atoms with Crippen LogP contribution in [0.5, 0.6) is 0 Å². The van der Waals surface area contributed by atoms with Crippen molar-refractivity contribution in [3.8, 4) is 0 Å². The normalized spacial score (nSPS) is 17.1. The molecule has 4 N–H and O–H groups in total. The fourth-order valence-corrected chi connectivity index (χ4v) is 1.92. The molecule has 0 aliphatic carbocycles. The number of anilines is 1. The number of H-pyrrole nitrogens is 1. The second-order valence-corrected chi connectivity index (χ2v) is 4.76. The first-order valence-electron chi connectivity index (χ1n) is 6.80. The molecule has 1 aromatic heterocycles. The fourth-order valence-electron chi connectivity index (χ4n) is 1.92. The Morgan fingerprint density at radius 1 is 1.48 bits per heavy atom. The Balaban J connectivity index is 0.000000593. The first-order valence-corrected chi connectivity index (χ1v) is 6.80. The topological polar surface area (TPSA) is 153 Å². The number of carboxylic acid groups (broad SMARTS) is 2. The van der Waals surface area contributed by atoms with Gasteiger partial charge in [-0.3, -0.25) is 14.4 Å². The number of hydrogen-bond donors (Lipinski definition) is 4. The monoisotopic (exact) mass is 329 g/mol. The van der Waals surface area contributed by atoms with Crippen LogP contribution in [0.1, 0.15) is 12.7 Å². The number of aromatic nitrogens is 2. The third-order valence-corrected chi connectivity index (χ3v) is 2.76. The first-order chi connectivity index (χ1) is 10.8. The maximum Gasteiger partial charge on any atom is 0.311 e. The van der Waals surface area contributed by atoms with Crippen molar-refractivity contribution in [2.24, 2.45) is 0 Å². The number of morpholine rings is 1. The fraction of sp³-hybridized carbons (Fsp3) is 0.538. The third kappa shape index (κ3) is 6.89. The molecule has 0 radical (unpaired) electrons. The van der Waals surface area contributed by atoms with E-state index in [2.05, 4.69) is 9.97 Å². The molecule has 23 heavy (non-hydrogen) atoms. The standard InChI is InChI=1S/C11H15N3O5.C2H4O2/c15-6-7-5-14(1-2-19-7)9-4-10(16)13-8(12-9)3-11(17)18;1-2(3)4/h4,7,15H,1-3,5-6H2,(H,17,18)(H,12,13,16);1H3,(H,3,4). The molecule has 0 aromatic carbocycles. The van der Waals surface area contributed by atoms with Gasteiger partial charge in [-0.1, -0.05) is 0 Å². The van der Waals surface area contributed by atoms with Crippen LogP contribution in [0.25, 0.3) is 0 Å². The van der Waals surface area contributed by atoms with Crippen LogP contribution in [-0.2, 0) is 20.7 Å². The van der Waals surface area contributed by atoms with Crippen LogP contribution in [-0.4, -0.2) is 69.6 Å². The molecule has 2 heterocycles. The van der Waals surface area contributed by atoms with Gasteiger partial charge in [0, 0.05) is 26.1 Å². The van der Waals surface area contributed by atoms with Gasteiger partial charge < -0.3 is 29.9 Å². The van der Waals surface area contributed by atoms with Gasteiger partial charge in [-0.05, 0) is 0 Å².